The third-order valence-corrected chi connectivity index (χ3v) is 2.31. The Balaban J connectivity index is 1.95. The van der Waals surface area contributed by atoms with Crippen LogP contribution in [0.4, 0.5) is 10.5 Å². The van der Waals surface area contributed by atoms with E-state index in [2.05, 4.69) is 25.3 Å². The number of carbonyl (C=O) groups excluding carboxylic acids is 1. The molecule has 0 atom stereocenters. The number of benzene rings is 1. The van der Waals surface area contributed by atoms with Gasteiger partial charge >= 0.3 is 12.0 Å². The molecule has 2 aromatic rings. The maximum Gasteiger partial charge on any atom is 0.335 e. The van der Waals surface area contributed by atoms with Crippen molar-refractivity contribution in [2.24, 2.45) is 0 Å². The van der Waals surface area contributed by atoms with E-state index in [4.69, 9.17) is 5.11 Å². The number of aromatic nitrogens is 2. The summed E-state index contributed by atoms with van der Waals surface area (Å²) in [5.74, 6) is -1.22. The standard InChI is InChI=1S/C11H10N4O5/c16-8-3-6(10(17)18)1-2-7(8)14-11(19)12-4-9-13-5-20-15-9/h1-3,5,16H,4H2,(H,17,18)(H2,12,14,19). The number of rotatable bonds is 4. The molecule has 0 aliphatic rings. The number of hydrogen-bond acceptors (Lipinski definition) is 6. The third kappa shape index (κ3) is 3.22. The lowest BCUT2D eigenvalue weighted by Crippen LogP contribution is -2.28. The Morgan fingerprint density at radius 1 is 1.35 bits per heavy atom. The molecule has 1 aromatic carbocycles. The molecule has 0 bridgehead atoms. The number of nitrogens with one attached hydrogen (secondary N) is 2. The highest BCUT2D eigenvalue weighted by atomic mass is 16.5. The molecule has 2 amide bonds. The molecule has 0 unspecified atom stereocenters. The predicted octanol–water partition coefficient (Wildman–Crippen LogP) is 0.795. The van der Waals surface area contributed by atoms with Crippen molar-refractivity contribution in [3.05, 3.63) is 36.0 Å². The zero-order valence-corrected chi connectivity index (χ0v) is 10.0. The highest BCUT2D eigenvalue weighted by Gasteiger charge is 2.10. The average molecular weight is 278 g/mol. The van der Waals surface area contributed by atoms with Crippen LogP contribution in [0.25, 0.3) is 0 Å². The van der Waals surface area contributed by atoms with E-state index in [1.807, 2.05) is 0 Å². The van der Waals surface area contributed by atoms with Crippen molar-refractivity contribution < 1.29 is 24.3 Å². The van der Waals surface area contributed by atoms with Crippen LogP contribution in [0.15, 0.2) is 29.1 Å². The van der Waals surface area contributed by atoms with E-state index in [1.165, 1.54) is 12.1 Å². The van der Waals surface area contributed by atoms with Crippen LogP contribution in [0.1, 0.15) is 16.2 Å². The molecule has 0 fully saturated rings. The summed E-state index contributed by atoms with van der Waals surface area (Å²) in [7, 11) is 0. The molecule has 9 nitrogen and oxygen atoms in total. The fraction of sp³-hybridized carbons (Fsp3) is 0.0909. The van der Waals surface area contributed by atoms with Gasteiger partial charge in [-0.1, -0.05) is 5.16 Å². The minimum atomic E-state index is -1.17. The molecule has 4 N–H and O–H groups in total. The quantitative estimate of drug-likeness (QED) is 0.606. The molecule has 0 aliphatic carbocycles. The number of urea groups is 1. The number of carboxylic acids is 1. The molecule has 0 radical (unpaired) electrons. The Bertz CT molecular complexity index is 626. The Labute approximate surface area is 112 Å². The van der Waals surface area contributed by atoms with Gasteiger partial charge in [0.1, 0.15) is 5.75 Å². The monoisotopic (exact) mass is 278 g/mol. The number of hydrogen-bond donors (Lipinski definition) is 4. The number of carboxylic acid groups (broad SMARTS) is 1. The van der Waals surface area contributed by atoms with E-state index < -0.39 is 12.0 Å². The lowest BCUT2D eigenvalue weighted by atomic mass is 10.2. The molecule has 1 heterocycles. The number of phenols is 1. The summed E-state index contributed by atoms with van der Waals surface area (Å²) in [5.41, 5.74) is 0.000803. The Morgan fingerprint density at radius 3 is 2.75 bits per heavy atom. The normalized spacial score (nSPS) is 10.0. The van der Waals surface area contributed by atoms with Gasteiger partial charge in [0.15, 0.2) is 5.82 Å². The first kappa shape index (κ1) is 13.3. The SMILES string of the molecule is O=C(NCc1ncon1)Nc1ccc(C(=O)O)cc1O. The smallest absolute Gasteiger partial charge is 0.335 e. The van der Waals surface area contributed by atoms with E-state index in [0.29, 0.717) is 5.82 Å². The number of aromatic carboxylic acids is 1. The summed E-state index contributed by atoms with van der Waals surface area (Å²) >= 11 is 0. The van der Waals surface area contributed by atoms with Crippen molar-refractivity contribution in [2.45, 2.75) is 6.54 Å². The van der Waals surface area contributed by atoms with E-state index in [1.54, 1.807) is 0 Å². The second kappa shape index (κ2) is 5.69. The summed E-state index contributed by atoms with van der Waals surface area (Å²) in [6.45, 7) is 0.0519. The van der Waals surface area contributed by atoms with Crippen molar-refractivity contribution in [1.29, 1.82) is 0 Å². The van der Waals surface area contributed by atoms with Gasteiger partial charge in [0.2, 0.25) is 6.39 Å². The van der Waals surface area contributed by atoms with Crippen LogP contribution >= 0.6 is 0 Å². The first-order valence-corrected chi connectivity index (χ1v) is 5.42. The lowest BCUT2D eigenvalue weighted by Gasteiger charge is -2.08. The number of nitrogens with zero attached hydrogens (tertiary/aromatic N) is 2. The van der Waals surface area contributed by atoms with Crippen molar-refractivity contribution in [3.8, 4) is 5.75 Å². The topological polar surface area (TPSA) is 138 Å². The number of anilines is 1. The predicted molar refractivity (Wildman–Crippen MR) is 65.2 cm³/mol. The van der Waals surface area contributed by atoms with Crippen LogP contribution in [-0.2, 0) is 6.54 Å². The summed E-state index contributed by atoms with van der Waals surface area (Å²) in [5, 5.41) is 26.6. The van der Waals surface area contributed by atoms with Gasteiger partial charge in [-0.05, 0) is 18.2 Å². The fourth-order valence-corrected chi connectivity index (χ4v) is 1.37. The van der Waals surface area contributed by atoms with Crippen LogP contribution in [0, 0.1) is 0 Å². The Kier molecular flexibility index (Phi) is 3.80. The number of carbonyl (C=O) groups is 2. The van der Waals surface area contributed by atoms with E-state index in [0.717, 1.165) is 12.5 Å². The van der Waals surface area contributed by atoms with Crippen LogP contribution in [0.3, 0.4) is 0 Å². The van der Waals surface area contributed by atoms with Gasteiger partial charge in [0.25, 0.3) is 0 Å². The fourth-order valence-electron chi connectivity index (χ4n) is 1.37. The van der Waals surface area contributed by atoms with Crippen molar-refractivity contribution in [1.82, 2.24) is 15.5 Å². The van der Waals surface area contributed by atoms with Crippen molar-refractivity contribution >= 4 is 17.7 Å². The molecule has 0 aliphatic heterocycles. The highest BCUT2D eigenvalue weighted by Crippen LogP contribution is 2.24. The average Bonchev–Trinajstić information content (AvgIpc) is 2.91. The Hall–Kier alpha value is -3.10. The summed E-state index contributed by atoms with van der Waals surface area (Å²) in [6, 6.07) is 2.98. The molecular weight excluding hydrogens is 268 g/mol. The van der Waals surface area contributed by atoms with Gasteiger partial charge in [-0.15, -0.1) is 0 Å². The van der Waals surface area contributed by atoms with E-state index in [9.17, 15) is 14.7 Å². The largest absolute Gasteiger partial charge is 0.506 e. The van der Waals surface area contributed by atoms with Gasteiger partial charge in [0.05, 0.1) is 17.8 Å². The van der Waals surface area contributed by atoms with Crippen LogP contribution in [0.5, 0.6) is 5.75 Å². The molecule has 1 aromatic heterocycles. The van der Waals surface area contributed by atoms with E-state index >= 15 is 0 Å². The van der Waals surface area contributed by atoms with Gasteiger partial charge in [0, 0.05) is 0 Å². The zero-order chi connectivity index (χ0) is 14.5. The molecular formula is C11H10N4O5. The van der Waals surface area contributed by atoms with Crippen LogP contribution in [-0.4, -0.2) is 32.4 Å². The Morgan fingerprint density at radius 2 is 2.15 bits per heavy atom. The molecule has 0 saturated carbocycles. The van der Waals surface area contributed by atoms with Crippen LogP contribution in [0.2, 0.25) is 0 Å². The second-order valence-corrected chi connectivity index (χ2v) is 3.69. The van der Waals surface area contributed by atoms with Gasteiger partial charge in [-0.2, -0.15) is 4.98 Å². The van der Waals surface area contributed by atoms with Gasteiger partial charge in [-0.25, -0.2) is 9.59 Å². The van der Waals surface area contributed by atoms with Gasteiger partial charge < -0.3 is 25.4 Å². The van der Waals surface area contributed by atoms with Crippen molar-refractivity contribution in [2.75, 3.05) is 5.32 Å². The number of phenolic OH excluding ortho intramolecular Hbond substituents is 1. The minimum Gasteiger partial charge on any atom is -0.506 e. The minimum absolute atomic E-state index is 0.0519. The maximum absolute atomic E-state index is 11.5. The van der Waals surface area contributed by atoms with Crippen LogP contribution < -0.4 is 10.6 Å². The molecule has 20 heavy (non-hydrogen) atoms. The molecule has 0 spiro atoms. The molecule has 104 valence electrons. The first-order valence-electron chi connectivity index (χ1n) is 5.42. The maximum atomic E-state index is 11.5. The highest BCUT2D eigenvalue weighted by molar-refractivity contribution is 5.93. The second-order valence-electron chi connectivity index (χ2n) is 3.69. The first-order chi connectivity index (χ1) is 9.56. The lowest BCUT2D eigenvalue weighted by molar-refractivity contribution is 0.0696. The zero-order valence-electron chi connectivity index (χ0n) is 10.0. The third-order valence-electron chi connectivity index (χ3n) is 2.31. The molecule has 9 heteroatoms. The van der Waals surface area contributed by atoms with E-state index in [-0.39, 0.29) is 23.5 Å². The van der Waals surface area contributed by atoms with Gasteiger partial charge in [-0.3, -0.25) is 0 Å². The number of amides is 2. The molecule has 0 saturated heterocycles. The summed E-state index contributed by atoms with van der Waals surface area (Å²) in [4.78, 5) is 25.9. The molecule has 2 rings (SSSR count). The number of aromatic hydroxyl groups is 1. The van der Waals surface area contributed by atoms with Crippen molar-refractivity contribution in [3.63, 3.8) is 0 Å². The summed E-state index contributed by atoms with van der Waals surface area (Å²) < 4.78 is 4.49. The summed E-state index contributed by atoms with van der Waals surface area (Å²) in [6.07, 6.45) is 1.13.